The molecule has 6 nitrogen and oxygen atoms in total. The van der Waals surface area contributed by atoms with Gasteiger partial charge in [0.1, 0.15) is 0 Å². The Morgan fingerprint density at radius 1 is 0.500 bits per heavy atom. The van der Waals surface area contributed by atoms with E-state index in [1.807, 2.05) is 0 Å². The molecule has 0 amide bonds. The van der Waals surface area contributed by atoms with E-state index in [1.54, 1.807) is 0 Å². The molecule has 0 aliphatic carbocycles. The van der Waals surface area contributed by atoms with Crippen LogP contribution in [0.4, 0.5) is 4.70 Å². The van der Waals surface area contributed by atoms with E-state index < -0.39 is 14.6 Å². The first kappa shape index (κ1) is 36.1. The van der Waals surface area contributed by atoms with Crippen LogP contribution in [0.1, 0.15) is 0 Å². The summed E-state index contributed by atoms with van der Waals surface area (Å²) in [5.74, 6) is 0. The zero-order chi connectivity index (χ0) is 7.15. The Labute approximate surface area is 159 Å². The van der Waals surface area contributed by atoms with Crippen LogP contribution in [0.3, 0.4) is 0 Å². The molecule has 68 valence electrons. The van der Waals surface area contributed by atoms with Crippen LogP contribution in [0.25, 0.3) is 0 Å². The molecular weight excluding hydrogens is 257 g/mol. The molecule has 0 spiro atoms. The van der Waals surface area contributed by atoms with Crippen LogP contribution in [0, 0.1) is 0 Å². The van der Waals surface area contributed by atoms with E-state index in [-0.39, 0.29) is 118 Å². The van der Waals surface area contributed by atoms with E-state index in [4.69, 9.17) is 30.1 Å². The molecule has 6 N–H and O–H groups in total. The Morgan fingerprint density at radius 2 is 0.500 bits per heavy atom. The van der Waals surface area contributed by atoms with E-state index >= 15 is 0 Å². The van der Waals surface area contributed by atoms with Gasteiger partial charge < -0.3 is 30.1 Å². The van der Waals surface area contributed by atoms with Crippen molar-refractivity contribution in [3.63, 3.8) is 0 Å². The minimum atomic E-state index is -2.17. The fraction of sp³-hybridized carbons (Fsp3) is 0. The van der Waals surface area contributed by atoms with Gasteiger partial charge in [-0.25, -0.2) is 0 Å². The summed E-state index contributed by atoms with van der Waals surface area (Å²) in [6.45, 7) is 0. The van der Waals surface area contributed by atoms with Gasteiger partial charge in [0.15, 0.2) is 0 Å². The van der Waals surface area contributed by atoms with E-state index in [9.17, 15) is 0 Å². The molecule has 12 heteroatoms. The summed E-state index contributed by atoms with van der Waals surface area (Å²) >= 11 is 0. The van der Waals surface area contributed by atoms with Gasteiger partial charge in [-0.15, -0.1) is 0 Å². The Bertz CT molecular complexity index is 36.3. The van der Waals surface area contributed by atoms with Gasteiger partial charge in [0.05, 0.1) is 0 Å². The fourth-order valence-corrected chi connectivity index (χ4v) is 0. The molecule has 0 radical (unpaired) electrons. The van der Waals surface area contributed by atoms with Gasteiger partial charge in [-0.3, -0.25) is 4.70 Å². The summed E-state index contributed by atoms with van der Waals surface area (Å²) in [6.07, 6.45) is 0. The predicted molar refractivity (Wildman–Crippen MR) is 53.0 cm³/mol. The van der Waals surface area contributed by atoms with Gasteiger partial charge in [-0.2, -0.15) is 0 Å². The Morgan fingerprint density at radius 3 is 0.500 bits per heavy atom. The Hall–Kier alpha value is 3.60. The molecule has 0 fully saturated rings. The number of halogens is 1. The number of hydrogen-bond acceptors (Lipinski definition) is 6. The topological polar surface area (TPSA) is 121 Å². The average molecular weight is 270 g/mol. The summed E-state index contributed by atoms with van der Waals surface area (Å²) < 4.78 is 0. The van der Waals surface area contributed by atoms with Crippen molar-refractivity contribution in [3.05, 3.63) is 0 Å². The molecule has 0 aromatic rings. The van der Waals surface area contributed by atoms with Crippen LogP contribution in [0.5, 0.6) is 0 Å². The first-order valence-corrected chi connectivity index (χ1v) is 1.55. The van der Waals surface area contributed by atoms with E-state index in [0.717, 1.165) is 0 Å². The molecule has 0 saturated carbocycles. The quantitative estimate of drug-likeness (QED) is 0.243. The summed E-state index contributed by atoms with van der Waals surface area (Å²) in [7, 11) is -4.33. The number of rotatable bonds is 0. The van der Waals surface area contributed by atoms with Crippen LogP contribution in [-0.2, 0) is 0 Å². The molecule has 0 atom stereocenters. The van der Waals surface area contributed by atoms with Crippen molar-refractivity contribution in [2.24, 2.45) is 0 Å². The summed E-state index contributed by atoms with van der Waals surface area (Å²) in [4.78, 5) is 0. The van der Waals surface area contributed by atoms with Crippen molar-refractivity contribution in [2.75, 3.05) is 0 Å². The van der Waals surface area contributed by atoms with Gasteiger partial charge in [-0.05, 0) is 0 Å². The Kier molecular flexibility index (Phi) is 88.1. The van der Waals surface area contributed by atoms with Crippen LogP contribution in [0.15, 0.2) is 0 Å². The molecule has 0 aliphatic heterocycles. The summed E-state index contributed by atoms with van der Waals surface area (Å²) in [5, 5.41) is 43.0. The average Bonchev–Trinajstić information content (AvgIpc) is 1.25. The molecule has 0 aromatic heterocycles. The van der Waals surface area contributed by atoms with Crippen molar-refractivity contribution < 1.29 is 34.8 Å². The monoisotopic (exact) mass is 270 g/mol. The van der Waals surface area contributed by atoms with Crippen LogP contribution in [0.2, 0.25) is 0 Å². The predicted octanol–water partition coefficient (Wildman–Crippen LogP) is -6.70. The third-order valence-corrected chi connectivity index (χ3v) is 0. The molecule has 0 saturated heterocycles. The molecule has 0 heterocycles. The molecular formula is H13B2Ca3FO6. The zero-order valence-electron chi connectivity index (χ0n) is 4.25. The third kappa shape index (κ3) is 167. The van der Waals surface area contributed by atoms with Gasteiger partial charge >= 0.3 is 128 Å². The number of hydrogen-bond donors (Lipinski definition) is 6. The second kappa shape index (κ2) is 29.3. The third-order valence-electron chi connectivity index (χ3n) is 0. The van der Waals surface area contributed by atoms with Gasteiger partial charge in [-0.1, -0.05) is 0 Å². The standard InChI is InChI=1S/2BH3O3.3Ca.FH.6H/c2*2-1(3)4;;;;;;;;;;/h2*2-4H;;;;1H;;;;;;. The maximum atomic E-state index is 7.17. The Balaban J connectivity index is -0.0000000112. The normalized spacial score (nSPS) is 4.50. The van der Waals surface area contributed by atoms with Gasteiger partial charge in [0, 0.05) is 0 Å². The van der Waals surface area contributed by atoms with Crippen molar-refractivity contribution >= 4 is 128 Å². The van der Waals surface area contributed by atoms with Crippen molar-refractivity contribution in [2.45, 2.75) is 0 Å². The SMILES string of the molecule is F.OB(O)O.OB(O)O.[CaH2].[CaH2].[CaH2]. The second-order valence-corrected chi connectivity index (χ2v) is 0.693. The molecule has 0 aromatic carbocycles. The first-order valence-electron chi connectivity index (χ1n) is 1.55. The molecule has 0 unspecified atom stereocenters. The van der Waals surface area contributed by atoms with E-state index in [0.29, 0.717) is 0 Å². The zero-order valence-corrected chi connectivity index (χ0v) is 4.25. The van der Waals surface area contributed by atoms with Gasteiger partial charge in [0.25, 0.3) is 0 Å². The van der Waals surface area contributed by atoms with Crippen LogP contribution < -0.4 is 0 Å². The second-order valence-electron chi connectivity index (χ2n) is 0.693. The van der Waals surface area contributed by atoms with Crippen molar-refractivity contribution in [1.29, 1.82) is 0 Å². The molecule has 0 bridgehead atoms. The van der Waals surface area contributed by atoms with Crippen molar-refractivity contribution in [3.8, 4) is 0 Å². The van der Waals surface area contributed by atoms with E-state index in [1.165, 1.54) is 0 Å². The molecule has 0 rings (SSSR count). The molecule has 0 aliphatic rings. The minimum absolute atomic E-state index is 0. The van der Waals surface area contributed by atoms with Crippen LogP contribution in [-0.4, -0.2) is 158 Å². The summed E-state index contributed by atoms with van der Waals surface area (Å²) in [6, 6.07) is 0. The maximum absolute atomic E-state index is 7.17. The molecule has 12 heavy (non-hydrogen) atoms. The van der Waals surface area contributed by atoms with E-state index in [2.05, 4.69) is 0 Å². The van der Waals surface area contributed by atoms with Crippen LogP contribution >= 0.6 is 0 Å². The van der Waals surface area contributed by atoms with Crippen molar-refractivity contribution in [1.82, 2.24) is 0 Å². The first-order chi connectivity index (χ1) is 3.46. The summed E-state index contributed by atoms with van der Waals surface area (Å²) in [5.41, 5.74) is 0. The van der Waals surface area contributed by atoms with Gasteiger partial charge in [0.2, 0.25) is 0 Å². The fourth-order valence-electron chi connectivity index (χ4n) is 0.